The summed E-state index contributed by atoms with van der Waals surface area (Å²) in [5, 5.41) is 6.65. The minimum atomic E-state index is -2.90. The highest BCUT2D eigenvalue weighted by atomic mass is 32.2. The van der Waals surface area contributed by atoms with Gasteiger partial charge in [-0.1, -0.05) is 24.3 Å². The van der Waals surface area contributed by atoms with Gasteiger partial charge in [-0.05, 0) is 30.4 Å². The van der Waals surface area contributed by atoms with Crippen molar-refractivity contribution in [3.8, 4) is 0 Å². The van der Waals surface area contributed by atoms with Crippen LogP contribution in [0.1, 0.15) is 12.0 Å². The van der Waals surface area contributed by atoms with Gasteiger partial charge < -0.3 is 10.6 Å². The van der Waals surface area contributed by atoms with E-state index >= 15 is 0 Å². The molecule has 3 rings (SSSR count). The zero-order valence-electron chi connectivity index (χ0n) is 13.4. The third-order valence-electron chi connectivity index (χ3n) is 4.27. The second-order valence-electron chi connectivity index (χ2n) is 6.15. The first-order valence-corrected chi connectivity index (χ1v) is 9.90. The summed E-state index contributed by atoms with van der Waals surface area (Å²) in [7, 11) is -2.90. The Morgan fingerprint density at radius 2 is 2.04 bits per heavy atom. The van der Waals surface area contributed by atoms with E-state index in [0.717, 1.165) is 16.5 Å². The zero-order valence-corrected chi connectivity index (χ0v) is 14.2. The van der Waals surface area contributed by atoms with E-state index in [-0.39, 0.29) is 23.5 Å². The summed E-state index contributed by atoms with van der Waals surface area (Å²) in [5.41, 5.74) is 2.05. The minimum absolute atomic E-state index is 0.0306. The number of urea groups is 1. The molecule has 128 valence electrons. The summed E-state index contributed by atoms with van der Waals surface area (Å²) < 4.78 is 22.8. The minimum Gasteiger partial charge on any atom is -0.338 e. The van der Waals surface area contributed by atoms with Gasteiger partial charge in [0.2, 0.25) is 0 Å². The summed E-state index contributed by atoms with van der Waals surface area (Å²) in [6.45, 7) is 0.908. The third kappa shape index (κ3) is 4.23. The lowest BCUT2D eigenvalue weighted by atomic mass is 10.1. The molecule has 0 spiro atoms. The first-order valence-electron chi connectivity index (χ1n) is 8.08. The molecule has 0 radical (unpaired) electrons. The van der Waals surface area contributed by atoms with E-state index in [1.807, 2.05) is 30.3 Å². The van der Waals surface area contributed by atoms with Crippen molar-refractivity contribution in [3.05, 3.63) is 42.1 Å². The summed E-state index contributed by atoms with van der Waals surface area (Å²) in [6, 6.07) is 9.68. The fraction of sp³-hybridized carbons (Fsp3) is 0.412. The Balaban J connectivity index is 1.45. The predicted octanol–water partition coefficient (Wildman–Crippen LogP) is 1.51. The molecular formula is C17H21N3O3S. The van der Waals surface area contributed by atoms with E-state index in [1.165, 1.54) is 0 Å². The number of carbonyl (C=O) groups excluding carboxylic acids is 1. The molecule has 1 saturated heterocycles. The number of para-hydroxylation sites is 1. The molecule has 2 N–H and O–H groups in total. The van der Waals surface area contributed by atoms with Crippen molar-refractivity contribution in [1.29, 1.82) is 0 Å². The van der Waals surface area contributed by atoms with Crippen LogP contribution in [0.15, 0.2) is 36.5 Å². The van der Waals surface area contributed by atoms with Crippen molar-refractivity contribution in [3.63, 3.8) is 0 Å². The highest BCUT2D eigenvalue weighted by Gasteiger charge is 2.27. The largest absolute Gasteiger partial charge is 0.338 e. The van der Waals surface area contributed by atoms with Crippen LogP contribution in [-0.4, -0.2) is 44.0 Å². The van der Waals surface area contributed by atoms with Gasteiger partial charge in [-0.2, -0.15) is 0 Å². The predicted molar refractivity (Wildman–Crippen MR) is 93.6 cm³/mol. The summed E-state index contributed by atoms with van der Waals surface area (Å²) >= 11 is 0. The number of carbonyl (C=O) groups is 1. The molecule has 1 aliphatic heterocycles. The molecular weight excluding hydrogens is 326 g/mol. The number of benzene rings is 1. The molecule has 2 aromatic rings. The van der Waals surface area contributed by atoms with Gasteiger partial charge in [-0.15, -0.1) is 0 Å². The Kier molecular flexibility index (Phi) is 4.99. The van der Waals surface area contributed by atoms with Gasteiger partial charge in [-0.3, -0.25) is 4.98 Å². The maximum Gasteiger partial charge on any atom is 0.314 e. The molecule has 0 bridgehead atoms. The van der Waals surface area contributed by atoms with Crippen molar-refractivity contribution >= 4 is 26.8 Å². The molecule has 2 heterocycles. The average Bonchev–Trinajstić information content (AvgIpc) is 2.92. The van der Waals surface area contributed by atoms with Gasteiger partial charge >= 0.3 is 6.03 Å². The van der Waals surface area contributed by atoms with Crippen LogP contribution in [0.25, 0.3) is 10.9 Å². The highest BCUT2D eigenvalue weighted by molar-refractivity contribution is 7.91. The van der Waals surface area contributed by atoms with Crippen LogP contribution in [0.3, 0.4) is 0 Å². The van der Waals surface area contributed by atoms with E-state index in [1.54, 1.807) is 6.20 Å². The smallest absolute Gasteiger partial charge is 0.314 e. The number of nitrogens with zero attached hydrogens (tertiary/aromatic N) is 1. The standard InChI is InChI=1S/C17H21N3O3S/c21-17(20-11-13-7-10-24(22,23)12-13)19-9-6-15-4-1-3-14-5-2-8-18-16(14)15/h1-5,8,13H,6-7,9-12H2,(H2,19,20,21). The van der Waals surface area contributed by atoms with Gasteiger partial charge in [0.1, 0.15) is 0 Å². The normalized spacial score (nSPS) is 19.2. The monoisotopic (exact) mass is 347 g/mol. The Hall–Kier alpha value is -2.15. The van der Waals surface area contributed by atoms with Gasteiger partial charge in [0.25, 0.3) is 0 Å². The van der Waals surface area contributed by atoms with Gasteiger partial charge in [0.15, 0.2) is 9.84 Å². The van der Waals surface area contributed by atoms with E-state index in [9.17, 15) is 13.2 Å². The maximum absolute atomic E-state index is 11.8. The van der Waals surface area contributed by atoms with Crippen molar-refractivity contribution in [2.75, 3.05) is 24.6 Å². The quantitative estimate of drug-likeness (QED) is 0.858. The van der Waals surface area contributed by atoms with Crippen molar-refractivity contribution in [1.82, 2.24) is 15.6 Å². The van der Waals surface area contributed by atoms with Gasteiger partial charge in [0.05, 0.1) is 17.0 Å². The molecule has 0 saturated carbocycles. The van der Waals surface area contributed by atoms with E-state index in [2.05, 4.69) is 15.6 Å². The topological polar surface area (TPSA) is 88.2 Å². The molecule has 1 aliphatic rings. The number of hydrogen-bond acceptors (Lipinski definition) is 4. The lowest BCUT2D eigenvalue weighted by Gasteiger charge is -2.11. The Labute approximate surface area is 141 Å². The third-order valence-corrected chi connectivity index (χ3v) is 6.11. The van der Waals surface area contributed by atoms with E-state index in [4.69, 9.17) is 0 Å². The van der Waals surface area contributed by atoms with Crippen molar-refractivity contribution < 1.29 is 13.2 Å². The lowest BCUT2D eigenvalue weighted by molar-refractivity contribution is 0.239. The van der Waals surface area contributed by atoms with Gasteiger partial charge in [-0.25, -0.2) is 13.2 Å². The number of amides is 2. The molecule has 6 nitrogen and oxygen atoms in total. The lowest BCUT2D eigenvalue weighted by Crippen LogP contribution is -2.39. The fourth-order valence-electron chi connectivity index (χ4n) is 3.01. The number of nitrogens with one attached hydrogen (secondary N) is 2. The number of fused-ring (bicyclic) bond motifs is 1. The molecule has 1 aromatic heterocycles. The number of pyridine rings is 1. The molecule has 24 heavy (non-hydrogen) atoms. The second-order valence-corrected chi connectivity index (χ2v) is 8.38. The number of aromatic nitrogens is 1. The van der Waals surface area contributed by atoms with Crippen LogP contribution in [0.4, 0.5) is 4.79 Å². The molecule has 1 unspecified atom stereocenters. The van der Waals surface area contributed by atoms with Crippen LogP contribution < -0.4 is 10.6 Å². The van der Waals surface area contributed by atoms with Crippen LogP contribution >= 0.6 is 0 Å². The Morgan fingerprint density at radius 1 is 1.21 bits per heavy atom. The van der Waals surface area contributed by atoms with Crippen LogP contribution in [-0.2, 0) is 16.3 Å². The number of hydrogen-bond donors (Lipinski definition) is 2. The van der Waals surface area contributed by atoms with E-state index in [0.29, 0.717) is 25.9 Å². The summed E-state index contributed by atoms with van der Waals surface area (Å²) in [6.07, 6.45) is 3.09. The molecule has 2 amide bonds. The Bertz CT molecular complexity index is 831. The fourth-order valence-corrected chi connectivity index (χ4v) is 4.87. The molecule has 1 atom stereocenters. The van der Waals surface area contributed by atoms with Crippen LogP contribution in [0.5, 0.6) is 0 Å². The van der Waals surface area contributed by atoms with Crippen LogP contribution in [0, 0.1) is 5.92 Å². The maximum atomic E-state index is 11.8. The number of sulfone groups is 1. The Morgan fingerprint density at radius 3 is 2.83 bits per heavy atom. The first kappa shape index (κ1) is 16.7. The van der Waals surface area contributed by atoms with Crippen LogP contribution in [0.2, 0.25) is 0 Å². The highest BCUT2D eigenvalue weighted by Crippen LogP contribution is 2.17. The van der Waals surface area contributed by atoms with E-state index < -0.39 is 9.84 Å². The summed E-state index contributed by atoms with van der Waals surface area (Å²) in [4.78, 5) is 16.2. The van der Waals surface area contributed by atoms with Gasteiger partial charge in [0, 0.05) is 24.7 Å². The average molecular weight is 347 g/mol. The molecule has 0 aliphatic carbocycles. The van der Waals surface area contributed by atoms with Crippen molar-refractivity contribution in [2.45, 2.75) is 12.8 Å². The SMILES string of the molecule is O=C(NCCc1cccc2cccnc12)NCC1CCS(=O)(=O)C1. The first-order chi connectivity index (χ1) is 11.5. The summed E-state index contributed by atoms with van der Waals surface area (Å²) in [5.74, 6) is 0.437. The molecule has 1 aromatic carbocycles. The molecule has 7 heteroatoms. The molecule has 1 fully saturated rings. The van der Waals surface area contributed by atoms with Crippen molar-refractivity contribution in [2.24, 2.45) is 5.92 Å². The second kappa shape index (κ2) is 7.17. The zero-order chi connectivity index (χ0) is 17.0. The number of rotatable bonds is 5.